The Morgan fingerprint density at radius 2 is 2.00 bits per heavy atom. The van der Waals surface area contributed by atoms with Crippen LogP contribution in [0, 0.1) is 0 Å². The van der Waals surface area contributed by atoms with Gasteiger partial charge in [0.25, 0.3) is 0 Å². The van der Waals surface area contributed by atoms with Crippen molar-refractivity contribution in [3.8, 4) is 0 Å². The molecule has 0 aliphatic carbocycles. The molecule has 0 atom stereocenters. The lowest BCUT2D eigenvalue weighted by Gasteiger charge is -2.29. The molecule has 5 nitrogen and oxygen atoms in total. The molecule has 0 bridgehead atoms. The van der Waals surface area contributed by atoms with E-state index in [1.807, 2.05) is 43.9 Å². The quantitative estimate of drug-likeness (QED) is 0.870. The summed E-state index contributed by atoms with van der Waals surface area (Å²) in [6, 6.07) is 7.99. The van der Waals surface area contributed by atoms with Crippen molar-refractivity contribution in [2.45, 2.75) is 45.6 Å². The highest BCUT2D eigenvalue weighted by atomic mass is 16.6. The molecular weight excluding hydrogens is 280 g/mol. The molecule has 0 saturated heterocycles. The first-order valence-electron chi connectivity index (χ1n) is 7.72. The van der Waals surface area contributed by atoms with Crippen LogP contribution in [0.2, 0.25) is 0 Å². The van der Waals surface area contributed by atoms with E-state index in [4.69, 9.17) is 4.74 Å². The highest BCUT2D eigenvalue weighted by molar-refractivity contribution is 5.96. The van der Waals surface area contributed by atoms with Crippen LogP contribution in [0.5, 0.6) is 0 Å². The summed E-state index contributed by atoms with van der Waals surface area (Å²) in [6.45, 7) is 6.58. The Morgan fingerprint density at radius 3 is 2.73 bits per heavy atom. The van der Waals surface area contributed by atoms with Gasteiger partial charge in [0.2, 0.25) is 5.91 Å². The molecule has 0 unspecified atom stereocenters. The van der Waals surface area contributed by atoms with Crippen molar-refractivity contribution in [2.75, 3.05) is 18.0 Å². The largest absolute Gasteiger partial charge is 0.444 e. The van der Waals surface area contributed by atoms with Crippen molar-refractivity contribution in [2.24, 2.45) is 0 Å². The molecule has 1 aliphatic rings. The van der Waals surface area contributed by atoms with E-state index >= 15 is 0 Å². The fraction of sp³-hybridized carbons (Fsp3) is 0.529. The molecule has 1 N–H and O–H groups in total. The summed E-state index contributed by atoms with van der Waals surface area (Å²) in [6.07, 6.45) is 1.63. The van der Waals surface area contributed by atoms with E-state index < -0.39 is 11.7 Å². The number of fused-ring (bicyclic) bond motifs is 1. The van der Waals surface area contributed by atoms with Crippen LogP contribution < -0.4 is 10.2 Å². The lowest BCUT2D eigenvalue weighted by molar-refractivity contribution is -0.118. The number of alkyl carbamates (subject to hydrolysis) is 1. The number of benzene rings is 1. The summed E-state index contributed by atoms with van der Waals surface area (Å²) in [5.74, 6) is 0.149. The van der Waals surface area contributed by atoms with Crippen LogP contribution in [0.25, 0.3) is 0 Å². The SMILES string of the molecule is CC(C)(C)OC(=O)NCCCN1C(=O)CCc2ccccc21. The zero-order chi connectivity index (χ0) is 16.2. The lowest BCUT2D eigenvalue weighted by atomic mass is 10.0. The molecule has 120 valence electrons. The molecule has 0 fully saturated rings. The average molecular weight is 304 g/mol. The molecule has 1 heterocycles. The number of rotatable bonds is 4. The van der Waals surface area contributed by atoms with Gasteiger partial charge < -0.3 is 15.0 Å². The Hall–Kier alpha value is -2.04. The van der Waals surface area contributed by atoms with E-state index in [9.17, 15) is 9.59 Å². The van der Waals surface area contributed by atoms with Crippen molar-refractivity contribution in [3.63, 3.8) is 0 Å². The maximum atomic E-state index is 12.1. The monoisotopic (exact) mass is 304 g/mol. The van der Waals surface area contributed by atoms with Crippen molar-refractivity contribution in [1.82, 2.24) is 5.32 Å². The molecule has 0 radical (unpaired) electrons. The summed E-state index contributed by atoms with van der Waals surface area (Å²) in [5, 5.41) is 2.72. The van der Waals surface area contributed by atoms with Crippen LogP contribution in [0.1, 0.15) is 39.2 Å². The second kappa shape index (κ2) is 6.81. The van der Waals surface area contributed by atoms with Crippen LogP contribution in [0.15, 0.2) is 24.3 Å². The average Bonchev–Trinajstić information content (AvgIpc) is 2.43. The third kappa shape index (κ3) is 4.48. The Balaban J connectivity index is 1.82. The normalized spacial score (nSPS) is 14.5. The number of carbonyl (C=O) groups is 2. The van der Waals surface area contributed by atoms with Gasteiger partial charge in [-0.2, -0.15) is 0 Å². The van der Waals surface area contributed by atoms with Gasteiger partial charge in [-0.3, -0.25) is 4.79 Å². The number of nitrogens with one attached hydrogen (secondary N) is 1. The molecule has 0 spiro atoms. The van der Waals surface area contributed by atoms with Gasteiger partial charge in [-0.15, -0.1) is 0 Å². The van der Waals surface area contributed by atoms with Gasteiger partial charge >= 0.3 is 6.09 Å². The van der Waals surface area contributed by atoms with Crippen LogP contribution in [0.3, 0.4) is 0 Å². The van der Waals surface area contributed by atoms with E-state index in [1.165, 1.54) is 5.56 Å². The first-order valence-corrected chi connectivity index (χ1v) is 7.72. The number of anilines is 1. The molecule has 1 aromatic carbocycles. The summed E-state index contributed by atoms with van der Waals surface area (Å²) in [4.78, 5) is 25.5. The zero-order valence-electron chi connectivity index (χ0n) is 13.5. The molecule has 2 rings (SSSR count). The summed E-state index contributed by atoms with van der Waals surface area (Å²) >= 11 is 0. The number of ether oxygens (including phenoxy) is 1. The van der Waals surface area contributed by atoms with Crippen LogP contribution in [-0.2, 0) is 16.0 Å². The smallest absolute Gasteiger partial charge is 0.407 e. The minimum Gasteiger partial charge on any atom is -0.444 e. The fourth-order valence-electron chi connectivity index (χ4n) is 2.48. The Bertz CT molecular complexity index is 549. The van der Waals surface area contributed by atoms with Crippen LogP contribution in [-0.4, -0.2) is 30.7 Å². The number of hydrogen-bond acceptors (Lipinski definition) is 3. The number of carbonyl (C=O) groups excluding carboxylic acids is 2. The van der Waals surface area contributed by atoms with Gasteiger partial charge in [-0.05, 0) is 45.2 Å². The van der Waals surface area contributed by atoms with E-state index in [1.54, 1.807) is 0 Å². The zero-order valence-corrected chi connectivity index (χ0v) is 13.5. The molecule has 5 heteroatoms. The first-order chi connectivity index (χ1) is 10.4. The van der Waals surface area contributed by atoms with Crippen molar-refractivity contribution in [1.29, 1.82) is 0 Å². The number of aryl methyl sites for hydroxylation is 1. The molecule has 1 aromatic rings. The standard InChI is InChI=1S/C17H24N2O3/c1-17(2,3)22-16(21)18-11-6-12-19-14-8-5-4-7-13(14)9-10-15(19)20/h4-5,7-8H,6,9-12H2,1-3H3,(H,18,21). The topological polar surface area (TPSA) is 58.6 Å². The third-order valence-electron chi connectivity index (χ3n) is 3.42. The maximum absolute atomic E-state index is 12.1. The number of nitrogens with zero attached hydrogens (tertiary/aromatic N) is 1. The van der Waals surface area contributed by atoms with Gasteiger partial charge in [0.05, 0.1) is 0 Å². The third-order valence-corrected chi connectivity index (χ3v) is 3.42. The van der Waals surface area contributed by atoms with Crippen molar-refractivity contribution >= 4 is 17.7 Å². The molecule has 0 saturated carbocycles. The minimum atomic E-state index is -0.494. The number of amides is 2. The Morgan fingerprint density at radius 1 is 1.27 bits per heavy atom. The summed E-state index contributed by atoms with van der Waals surface area (Å²) in [7, 11) is 0. The van der Waals surface area contributed by atoms with Gasteiger partial charge in [-0.25, -0.2) is 4.79 Å². The highest BCUT2D eigenvalue weighted by Crippen LogP contribution is 2.27. The van der Waals surface area contributed by atoms with E-state index in [0.717, 1.165) is 12.1 Å². The predicted octanol–water partition coefficient (Wildman–Crippen LogP) is 2.88. The van der Waals surface area contributed by atoms with Gasteiger partial charge in [0, 0.05) is 25.2 Å². The van der Waals surface area contributed by atoms with Crippen molar-refractivity contribution in [3.05, 3.63) is 29.8 Å². The summed E-state index contributed by atoms with van der Waals surface area (Å²) in [5.41, 5.74) is 1.71. The van der Waals surface area contributed by atoms with Crippen LogP contribution in [0.4, 0.5) is 10.5 Å². The second-order valence-corrected chi connectivity index (χ2v) is 6.46. The molecule has 1 aliphatic heterocycles. The van der Waals surface area contributed by atoms with Gasteiger partial charge in [0.1, 0.15) is 5.60 Å². The molecule has 2 amide bonds. The predicted molar refractivity (Wildman–Crippen MR) is 86.0 cm³/mol. The van der Waals surface area contributed by atoms with E-state index in [0.29, 0.717) is 25.9 Å². The lowest BCUT2D eigenvalue weighted by Crippen LogP contribution is -2.38. The van der Waals surface area contributed by atoms with E-state index in [2.05, 4.69) is 11.4 Å². The maximum Gasteiger partial charge on any atom is 0.407 e. The fourth-order valence-corrected chi connectivity index (χ4v) is 2.48. The van der Waals surface area contributed by atoms with Crippen LogP contribution >= 0.6 is 0 Å². The first kappa shape index (κ1) is 16.3. The Kier molecular flexibility index (Phi) is 5.06. The number of para-hydroxylation sites is 1. The molecule has 0 aromatic heterocycles. The molecule has 22 heavy (non-hydrogen) atoms. The highest BCUT2D eigenvalue weighted by Gasteiger charge is 2.23. The summed E-state index contributed by atoms with van der Waals surface area (Å²) < 4.78 is 5.18. The minimum absolute atomic E-state index is 0.149. The van der Waals surface area contributed by atoms with E-state index in [-0.39, 0.29) is 5.91 Å². The Labute approximate surface area is 131 Å². The van der Waals surface area contributed by atoms with Gasteiger partial charge in [0.15, 0.2) is 0 Å². The molecular formula is C17H24N2O3. The number of hydrogen-bond donors (Lipinski definition) is 1. The van der Waals surface area contributed by atoms with Gasteiger partial charge in [-0.1, -0.05) is 18.2 Å². The van der Waals surface area contributed by atoms with Crippen molar-refractivity contribution < 1.29 is 14.3 Å². The second-order valence-electron chi connectivity index (χ2n) is 6.46.